The molecule has 0 amide bonds. The highest BCUT2D eigenvalue weighted by molar-refractivity contribution is 7.89. The topological polar surface area (TPSA) is 134 Å². The summed E-state index contributed by atoms with van der Waals surface area (Å²) in [5.74, 6) is -0.669. The Morgan fingerprint density at radius 2 is 1.97 bits per heavy atom. The molecule has 33 heavy (non-hydrogen) atoms. The smallest absolute Gasteiger partial charge is 0.270 e. The van der Waals surface area contributed by atoms with E-state index in [2.05, 4.69) is 10.6 Å². The highest BCUT2D eigenvalue weighted by atomic mass is 35.5. The van der Waals surface area contributed by atoms with Crippen LogP contribution in [0.2, 0.25) is 5.02 Å². The van der Waals surface area contributed by atoms with Crippen molar-refractivity contribution in [1.82, 2.24) is 4.47 Å². The summed E-state index contributed by atoms with van der Waals surface area (Å²) < 4.78 is 32.5. The fourth-order valence-corrected chi connectivity index (χ4v) is 6.06. The van der Waals surface area contributed by atoms with Crippen LogP contribution in [0.3, 0.4) is 0 Å². The third kappa shape index (κ3) is 4.35. The Morgan fingerprint density at radius 1 is 1.24 bits per heavy atom. The molecule has 0 radical (unpaired) electrons. The molecule has 2 heterocycles. The Hall–Kier alpha value is -2.18. The molecule has 0 saturated carbocycles. The first-order chi connectivity index (χ1) is 15.6. The summed E-state index contributed by atoms with van der Waals surface area (Å²) in [6.45, 7) is 4.29. The quantitative estimate of drug-likeness (QED) is 0.369. The van der Waals surface area contributed by atoms with Gasteiger partial charge in [-0.3, -0.25) is 14.4 Å². The summed E-state index contributed by atoms with van der Waals surface area (Å²) in [7, 11) is -4.24. The van der Waals surface area contributed by atoms with Gasteiger partial charge in [0, 0.05) is 6.54 Å². The maximum absolute atomic E-state index is 12.9. The SMILES string of the molecule is CCC(Nc1c(Nc2ccc(Cl)c(S(=O)(=O)N3CCCO3)c2O)c(=O)c1=O)[C@H]1CC[C@@H](C)O1. The van der Waals surface area contributed by atoms with Crippen molar-refractivity contribution < 1.29 is 23.1 Å². The minimum atomic E-state index is -4.24. The fraction of sp³-hybridized carbons (Fsp3) is 0.524. The number of halogens is 1. The molecule has 2 aliphatic rings. The summed E-state index contributed by atoms with van der Waals surface area (Å²) in [5.41, 5.74) is -1.51. The van der Waals surface area contributed by atoms with Crippen molar-refractivity contribution in [2.45, 2.75) is 62.7 Å². The van der Waals surface area contributed by atoms with Crippen LogP contribution in [-0.2, 0) is 19.6 Å². The number of ether oxygens (including phenoxy) is 1. The number of phenols is 1. The molecule has 2 aromatic carbocycles. The largest absolute Gasteiger partial charge is 0.504 e. The van der Waals surface area contributed by atoms with E-state index >= 15 is 0 Å². The molecule has 1 unspecified atom stereocenters. The predicted octanol–water partition coefficient (Wildman–Crippen LogP) is 2.47. The zero-order valence-corrected chi connectivity index (χ0v) is 19.8. The van der Waals surface area contributed by atoms with Crippen LogP contribution < -0.4 is 21.5 Å². The standard InChI is InChI=1S/C21H26ClN3O7S/c1-3-13(15-8-5-11(2)32-15)23-16-17(20(28)19(16)27)24-14-7-6-12(22)21(18(14)26)33(29,30)25-9-4-10-31-25/h6-7,11,13,15,23-24,26H,3-5,8-10H2,1-2H3/t11-,13?,15-/m1/s1. The second-order valence-electron chi connectivity index (χ2n) is 8.25. The number of hydroxylamine groups is 1. The van der Waals surface area contributed by atoms with Crippen molar-refractivity contribution >= 4 is 38.7 Å². The molecule has 12 heteroatoms. The molecule has 3 N–H and O–H groups in total. The normalized spacial score (nSPS) is 22.6. The van der Waals surface area contributed by atoms with Crippen LogP contribution >= 0.6 is 11.6 Å². The zero-order chi connectivity index (χ0) is 23.9. The van der Waals surface area contributed by atoms with Gasteiger partial charge in [-0.2, -0.15) is 0 Å². The highest BCUT2D eigenvalue weighted by Crippen LogP contribution is 2.40. The van der Waals surface area contributed by atoms with Gasteiger partial charge >= 0.3 is 0 Å². The van der Waals surface area contributed by atoms with Gasteiger partial charge in [0.15, 0.2) is 5.75 Å². The Bertz CT molecular complexity index is 1220. The molecule has 4 rings (SSSR count). The molecule has 180 valence electrons. The van der Waals surface area contributed by atoms with Gasteiger partial charge in [0.2, 0.25) is 0 Å². The van der Waals surface area contributed by atoms with Crippen LogP contribution in [-0.4, -0.2) is 49.4 Å². The Balaban J connectivity index is 1.62. The van der Waals surface area contributed by atoms with Crippen molar-refractivity contribution in [2.75, 3.05) is 23.8 Å². The van der Waals surface area contributed by atoms with E-state index in [9.17, 15) is 23.1 Å². The molecule has 2 fully saturated rings. The van der Waals surface area contributed by atoms with E-state index in [1.54, 1.807) is 0 Å². The predicted molar refractivity (Wildman–Crippen MR) is 123 cm³/mol. The highest BCUT2D eigenvalue weighted by Gasteiger charge is 2.35. The number of sulfonamides is 1. The third-order valence-corrected chi connectivity index (χ3v) is 8.16. The number of benzene rings is 1. The first kappa shape index (κ1) is 24.0. The van der Waals surface area contributed by atoms with Gasteiger partial charge in [-0.25, -0.2) is 8.42 Å². The van der Waals surface area contributed by atoms with E-state index in [0.717, 1.165) is 17.3 Å². The van der Waals surface area contributed by atoms with Crippen LogP contribution in [0.15, 0.2) is 26.6 Å². The Labute approximate surface area is 196 Å². The van der Waals surface area contributed by atoms with Crippen LogP contribution in [0, 0.1) is 0 Å². The minimum absolute atomic E-state index is 0.0529. The van der Waals surface area contributed by atoms with Crippen molar-refractivity contribution in [2.24, 2.45) is 0 Å². The molecular weight excluding hydrogens is 474 g/mol. The van der Waals surface area contributed by atoms with Crippen LogP contribution in [0.1, 0.15) is 39.5 Å². The summed E-state index contributed by atoms with van der Waals surface area (Å²) in [5, 5.41) is 16.3. The molecule has 0 aliphatic carbocycles. The van der Waals surface area contributed by atoms with E-state index < -0.39 is 31.5 Å². The molecule has 0 spiro atoms. The number of anilines is 3. The average Bonchev–Trinajstić information content (AvgIpc) is 3.47. The number of hydrogen-bond donors (Lipinski definition) is 3. The maximum atomic E-state index is 12.9. The number of phenolic OH excluding ortho intramolecular Hbond substituents is 1. The van der Waals surface area contributed by atoms with E-state index in [0.29, 0.717) is 12.8 Å². The van der Waals surface area contributed by atoms with Gasteiger partial charge in [0.1, 0.15) is 16.3 Å². The van der Waals surface area contributed by atoms with Crippen molar-refractivity contribution in [3.8, 4) is 5.75 Å². The first-order valence-corrected chi connectivity index (χ1v) is 12.7. The average molecular weight is 500 g/mol. The van der Waals surface area contributed by atoms with Gasteiger partial charge in [-0.1, -0.05) is 23.0 Å². The number of rotatable bonds is 8. The lowest BCUT2D eigenvalue weighted by Crippen LogP contribution is -2.42. The summed E-state index contributed by atoms with van der Waals surface area (Å²) >= 11 is 6.09. The molecule has 0 bridgehead atoms. The van der Waals surface area contributed by atoms with E-state index in [1.807, 2.05) is 13.8 Å². The lowest BCUT2D eigenvalue weighted by molar-refractivity contribution is -0.0285. The van der Waals surface area contributed by atoms with Crippen LogP contribution in [0.4, 0.5) is 17.1 Å². The molecule has 2 saturated heterocycles. The molecule has 2 aliphatic heterocycles. The Morgan fingerprint density at radius 3 is 2.58 bits per heavy atom. The summed E-state index contributed by atoms with van der Waals surface area (Å²) in [6, 6.07) is 2.44. The molecule has 2 aromatic rings. The van der Waals surface area contributed by atoms with Crippen LogP contribution in [0.25, 0.3) is 0 Å². The first-order valence-electron chi connectivity index (χ1n) is 10.8. The van der Waals surface area contributed by atoms with Gasteiger partial charge in [0.25, 0.3) is 20.9 Å². The minimum Gasteiger partial charge on any atom is -0.504 e. The fourth-order valence-electron chi connectivity index (χ4n) is 4.16. The van der Waals surface area contributed by atoms with E-state index in [4.69, 9.17) is 21.2 Å². The summed E-state index contributed by atoms with van der Waals surface area (Å²) in [6.07, 6.45) is 2.96. The van der Waals surface area contributed by atoms with Crippen molar-refractivity contribution in [3.05, 3.63) is 37.6 Å². The molecular formula is C21H26ClN3O7S. The van der Waals surface area contributed by atoms with Gasteiger partial charge < -0.3 is 20.5 Å². The van der Waals surface area contributed by atoms with E-state index in [1.165, 1.54) is 12.1 Å². The Kier molecular flexibility index (Phi) is 6.70. The summed E-state index contributed by atoms with van der Waals surface area (Å²) in [4.78, 5) is 29.2. The number of aromatic hydroxyl groups is 1. The lowest BCUT2D eigenvalue weighted by atomic mass is 10.0. The zero-order valence-electron chi connectivity index (χ0n) is 18.3. The van der Waals surface area contributed by atoms with Crippen molar-refractivity contribution in [3.63, 3.8) is 0 Å². The third-order valence-electron chi connectivity index (χ3n) is 5.98. The van der Waals surface area contributed by atoms with E-state index in [-0.39, 0.29) is 53.5 Å². The number of nitrogens with zero attached hydrogens (tertiary/aromatic N) is 1. The second-order valence-corrected chi connectivity index (χ2v) is 10.4. The second kappa shape index (κ2) is 9.22. The van der Waals surface area contributed by atoms with Gasteiger partial charge in [-0.15, -0.1) is 0 Å². The van der Waals surface area contributed by atoms with Crippen LogP contribution in [0.5, 0.6) is 5.75 Å². The molecule has 3 atom stereocenters. The monoisotopic (exact) mass is 499 g/mol. The van der Waals surface area contributed by atoms with Gasteiger partial charge in [-0.05, 0) is 44.7 Å². The number of hydrogen-bond acceptors (Lipinski definition) is 9. The van der Waals surface area contributed by atoms with Crippen molar-refractivity contribution in [1.29, 1.82) is 0 Å². The molecule has 10 nitrogen and oxygen atoms in total. The number of nitrogens with one attached hydrogen (secondary N) is 2. The maximum Gasteiger partial charge on any atom is 0.270 e. The molecule has 0 aromatic heterocycles. The van der Waals surface area contributed by atoms with Gasteiger partial charge in [0.05, 0.1) is 35.6 Å². The lowest BCUT2D eigenvalue weighted by Gasteiger charge is -2.26.